The fraction of sp³-hybridized carbons (Fsp3) is 0.400. The van der Waals surface area contributed by atoms with E-state index in [-0.39, 0.29) is 0 Å². The lowest BCUT2D eigenvalue weighted by Crippen LogP contribution is -2.40. The summed E-state index contributed by atoms with van der Waals surface area (Å²) in [5.41, 5.74) is 3.41. The van der Waals surface area contributed by atoms with Crippen molar-refractivity contribution >= 4 is 22.9 Å². The Balaban J connectivity index is 1.23. The van der Waals surface area contributed by atoms with E-state index in [9.17, 15) is 0 Å². The maximum atomic E-state index is 6.87. The number of rotatable bonds is 24. The lowest BCUT2D eigenvalue weighted by Gasteiger charge is -2.36. The van der Waals surface area contributed by atoms with Crippen LogP contribution < -0.4 is 38.9 Å². The maximum absolute atomic E-state index is 6.87. The van der Waals surface area contributed by atoms with Crippen molar-refractivity contribution in [3.05, 3.63) is 154 Å². The van der Waals surface area contributed by atoms with Gasteiger partial charge >= 0.3 is 0 Å². The van der Waals surface area contributed by atoms with E-state index in [0.717, 1.165) is 156 Å². The van der Waals surface area contributed by atoms with E-state index < -0.39 is 10.8 Å². The van der Waals surface area contributed by atoms with Crippen LogP contribution in [0.5, 0.6) is 34.5 Å². The van der Waals surface area contributed by atoms with Gasteiger partial charge in [-0.05, 0) is 132 Å². The molecule has 2 aliphatic heterocycles. The average Bonchev–Trinajstić information content (AvgIpc) is 3.37. The number of fused-ring (bicyclic) bond motifs is 5. The highest BCUT2D eigenvalue weighted by atomic mass is 16.5. The fourth-order valence-electron chi connectivity index (χ4n) is 9.48. The Labute approximate surface area is 393 Å². The second-order valence-electron chi connectivity index (χ2n) is 18.2. The number of benzene rings is 6. The molecule has 0 fully saturated rings. The van der Waals surface area contributed by atoms with E-state index in [0.29, 0.717) is 13.2 Å². The fourth-order valence-corrected chi connectivity index (χ4v) is 9.48. The molecule has 0 atom stereocenters. The Bertz CT molecular complexity index is 2280. The van der Waals surface area contributed by atoms with Crippen molar-refractivity contribution in [2.75, 3.05) is 39.6 Å². The van der Waals surface area contributed by atoms with Crippen molar-refractivity contribution in [2.45, 2.75) is 116 Å². The van der Waals surface area contributed by atoms with Crippen LogP contribution in [0.3, 0.4) is 0 Å². The van der Waals surface area contributed by atoms with Gasteiger partial charge in [0.2, 0.25) is 0 Å². The van der Waals surface area contributed by atoms with Gasteiger partial charge in [0.25, 0.3) is 0 Å². The predicted molar refractivity (Wildman–Crippen MR) is 271 cm³/mol. The van der Waals surface area contributed by atoms with Crippen LogP contribution in [0.25, 0.3) is 22.9 Å². The van der Waals surface area contributed by atoms with Crippen LogP contribution in [0.4, 0.5) is 0 Å². The molecule has 0 N–H and O–H groups in total. The molecule has 66 heavy (non-hydrogen) atoms. The minimum absolute atomic E-state index is 0.457. The van der Waals surface area contributed by atoms with Gasteiger partial charge in [-0.15, -0.1) is 0 Å². The Morgan fingerprint density at radius 3 is 0.879 bits per heavy atom. The zero-order valence-corrected chi connectivity index (χ0v) is 39.9. The molecule has 346 valence electrons. The predicted octanol–water partition coefficient (Wildman–Crippen LogP) is 13.4. The first-order valence-corrected chi connectivity index (χ1v) is 25.0. The van der Waals surface area contributed by atoms with E-state index in [1.165, 1.54) is 25.7 Å². The highest BCUT2D eigenvalue weighted by molar-refractivity contribution is 5.90. The molecule has 0 radical (unpaired) electrons. The topological polar surface area (TPSA) is 55.4 Å². The number of ether oxygens (including phenoxy) is 6. The van der Waals surface area contributed by atoms with Crippen molar-refractivity contribution in [2.24, 2.45) is 0 Å². The maximum Gasteiger partial charge on any atom is 0.126 e. The first-order valence-electron chi connectivity index (χ1n) is 25.0. The van der Waals surface area contributed by atoms with Crippen molar-refractivity contribution in [3.63, 3.8) is 0 Å². The van der Waals surface area contributed by atoms with Gasteiger partial charge in [0.05, 0.1) is 37.3 Å². The molecule has 2 heterocycles. The Morgan fingerprint density at radius 1 is 0.348 bits per heavy atom. The quantitative estimate of drug-likeness (QED) is 0.0565. The summed E-state index contributed by atoms with van der Waals surface area (Å²) in [4.78, 5) is 0. The van der Waals surface area contributed by atoms with Gasteiger partial charge in [-0.25, -0.2) is 0 Å². The summed E-state index contributed by atoms with van der Waals surface area (Å²) in [6, 6.07) is 43.2. The summed E-state index contributed by atoms with van der Waals surface area (Å²) in [5, 5.41) is 4.37. The Morgan fingerprint density at radius 2 is 0.621 bits per heavy atom. The van der Waals surface area contributed by atoms with Crippen molar-refractivity contribution in [3.8, 4) is 34.5 Å². The molecule has 2 aliphatic rings. The van der Waals surface area contributed by atoms with Crippen LogP contribution >= 0.6 is 0 Å². The summed E-state index contributed by atoms with van der Waals surface area (Å²) in [5.74, 6) is 5.29. The minimum Gasteiger partial charge on any atom is -0.494 e. The molecule has 0 amide bonds. The van der Waals surface area contributed by atoms with E-state index in [2.05, 4.69) is 161 Å². The third kappa shape index (κ3) is 10.5. The smallest absolute Gasteiger partial charge is 0.126 e. The highest BCUT2D eigenvalue weighted by Crippen LogP contribution is 2.42. The third-order valence-electron chi connectivity index (χ3n) is 13.4. The van der Waals surface area contributed by atoms with Gasteiger partial charge in [-0.2, -0.15) is 0 Å². The summed E-state index contributed by atoms with van der Waals surface area (Å²) in [6.07, 6.45) is 18.4. The second-order valence-corrected chi connectivity index (χ2v) is 18.2. The van der Waals surface area contributed by atoms with Gasteiger partial charge in [0.1, 0.15) is 47.7 Å². The summed E-state index contributed by atoms with van der Waals surface area (Å²) in [7, 11) is 0. The van der Waals surface area contributed by atoms with Crippen LogP contribution in [0.1, 0.15) is 127 Å². The van der Waals surface area contributed by atoms with Gasteiger partial charge in [-0.1, -0.05) is 140 Å². The summed E-state index contributed by atoms with van der Waals surface area (Å²) < 4.78 is 38.5. The molecule has 0 saturated carbocycles. The molecule has 6 heteroatoms. The van der Waals surface area contributed by atoms with Crippen LogP contribution in [0.2, 0.25) is 0 Å². The molecule has 6 nitrogen and oxygen atoms in total. The Kier molecular flexibility index (Phi) is 15.9. The largest absolute Gasteiger partial charge is 0.494 e. The van der Waals surface area contributed by atoms with Crippen LogP contribution in [0.15, 0.2) is 121 Å². The lowest BCUT2D eigenvalue weighted by atomic mass is 9.72. The van der Waals surface area contributed by atoms with Crippen LogP contribution in [-0.2, 0) is 10.8 Å². The number of hydrogen-bond donors (Lipinski definition) is 0. The summed E-state index contributed by atoms with van der Waals surface area (Å²) in [6.45, 7) is 12.7. The average molecular weight is 887 g/mol. The lowest BCUT2D eigenvalue weighted by molar-refractivity contribution is 0.265. The van der Waals surface area contributed by atoms with Crippen molar-refractivity contribution < 1.29 is 28.4 Å². The van der Waals surface area contributed by atoms with Crippen molar-refractivity contribution in [1.29, 1.82) is 0 Å². The normalized spacial score (nSPS) is 14.4. The van der Waals surface area contributed by atoms with Gasteiger partial charge in [-0.3, -0.25) is 0 Å². The first kappa shape index (κ1) is 46.6. The molecule has 0 aromatic heterocycles. The molecule has 6 aromatic rings. The van der Waals surface area contributed by atoms with E-state index >= 15 is 0 Å². The van der Waals surface area contributed by atoms with E-state index in [1.54, 1.807) is 0 Å². The third-order valence-corrected chi connectivity index (χ3v) is 13.4. The number of unbranched alkanes of at least 4 members (excludes halogenated alkanes) is 8. The van der Waals surface area contributed by atoms with Crippen molar-refractivity contribution in [1.82, 2.24) is 0 Å². The zero-order chi connectivity index (χ0) is 45.6. The molecular weight excluding hydrogens is 817 g/mol. The molecule has 6 aromatic carbocycles. The van der Waals surface area contributed by atoms with Gasteiger partial charge < -0.3 is 28.4 Å². The molecule has 0 spiro atoms. The van der Waals surface area contributed by atoms with E-state index in [1.807, 2.05) is 0 Å². The molecule has 0 saturated heterocycles. The molecule has 8 rings (SSSR count). The molecular formula is C60H70O6. The standard InChI is InChI=1S/C60H70O6/c1-5-9-13-37-61-49-25-17-45(18-26-49)59(46-19-27-50(28-20-46)62-38-14-10-6-2)41-55-53-33-36-58-56(54(53)34-35-57(55)65-43-59)42-60(44-66-58,47-21-29-51(30-22-47)63-39-15-11-7-3)48-23-31-52(32-24-48)64-40-16-12-8-4/h17-36,41-42H,5-16,37-40,43-44H2,1-4H3. The highest BCUT2D eigenvalue weighted by Gasteiger charge is 2.38. The van der Waals surface area contributed by atoms with Crippen LogP contribution in [-0.4, -0.2) is 39.6 Å². The zero-order valence-electron chi connectivity index (χ0n) is 39.9. The minimum atomic E-state index is -0.580. The van der Waals surface area contributed by atoms with Gasteiger partial charge in [0, 0.05) is 10.4 Å². The van der Waals surface area contributed by atoms with Gasteiger partial charge in [0.15, 0.2) is 0 Å². The summed E-state index contributed by atoms with van der Waals surface area (Å²) >= 11 is 0. The number of hydrogen-bond acceptors (Lipinski definition) is 6. The SMILES string of the molecule is CCCCCOc1ccc(C2(c3ccc(OCCCCC)cc3)C=c3c(ccc4c5c(ccc34)OCC(c3ccc(OCCCCC)cc3)(c3ccc(OCCCCC)cc3)C=5)OC2)cc1. The molecule has 0 unspecified atom stereocenters. The Hall–Kier alpha value is -5.88. The second kappa shape index (κ2) is 22.5. The monoisotopic (exact) mass is 887 g/mol. The van der Waals surface area contributed by atoms with Crippen LogP contribution in [0, 0.1) is 0 Å². The molecule has 0 aliphatic carbocycles. The molecule has 0 bridgehead atoms. The first-order chi connectivity index (χ1) is 32.5. The van der Waals surface area contributed by atoms with E-state index in [4.69, 9.17) is 28.4 Å².